The molecule has 0 amide bonds. The summed E-state index contributed by atoms with van der Waals surface area (Å²) in [6.45, 7) is 59.0. The van der Waals surface area contributed by atoms with Gasteiger partial charge in [0.2, 0.25) is 5.60 Å². The standard InChI is InChI=1S/C64H90F2N2O2S5.C29H45BrOS2.C18H23B2F2N2O4S/c1-39(2)17-13-21-43(9)25-31-63(32-26-44(10)22-14-18-40(3)4)47-37-51(73-59(47)61-49(69-63)29-35-71-61)53-55(65)56(66)54(58-57(53)67-75-68-58)52-38-48-60(74-52)62-50(30-36-72-62)70-64(48,33-27-45(11)23-15-19-41(5)6)34-28-46(12)24-16-20-42(7)8;1-20(2)9-7-11-22(5)13-16-29(17-14-23(6)12-8-10-21(3)4)24-19-26(30)33-27(24)28-25(31-29)15-18-32-28;1-15(2)16(3,4)26-19(25-15)9-11(21)12(22)10(14-13(9)23-29-24-14)20-27-17(5,6)18(7,8)28-20/h29-30,35-46H,13-28,31-34H2,1-12H3;15,18-23H,7-14,16-17H2,1-6H3;1H2,2-8H3/q;;+1. The lowest BCUT2D eigenvalue weighted by atomic mass is 9.71. The fraction of sp³-hybridized carbons (Fsp3) is 0.667. The van der Waals surface area contributed by atoms with Crippen molar-refractivity contribution in [3.05, 3.63) is 103 Å². The molecule has 0 aliphatic carbocycles. The third-order valence-electron chi connectivity index (χ3n) is 30.7. The van der Waals surface area contributed by atoms with Crippen LogP contribution in [0.5, 0.6) is 17.2 Å². The molecule has 7 unspecified atom stereocenters. The lowest BCUT2D eigenvalue weighted by molar-refractivity contribution is 0.00578. The van der Waals surface area contributed by atoms with Gasteiger partial charge in [-0.25, -0.2) is 17.6 Å². The quantitative estimate of drug-likeness (QED) is 0.0206. The van der Waals surface area contributed by atoms with E-state index in [0.717, 1.165) is 159 Å². The van der Waals surface area contributed by atoms with Crippen molar-refractivity contribution >= 4 is 155 Å². The van der Waals surface area contributed by atoms with Gasteiger partial charge in [-0.1, -0.05) is 240 Å². The van der Waals surface area contributed by atoms with Crippen LogP contribution in [-0.2, 0) is 35.4 Å². The Morgan fingerprint density at radius 1 is 0.328 bits per heavy atom. The number of hydrogen-bond donors (Lipinski definition) is 0. The number of rotatable bonds is 46. The first kappa shape index (κ1) is 110. The molecule has 0 spiro atoms. The van der Waals surface area contributed by atoms with E-state index in [2.05, 4.69) is 209 Å². The average molecular weight is 2090 g/mol. The van der Waals surface area contributed by atoms with Gasteiger partial charge in [-0.15, -0.1) is 68.0 Å². The molecule has 10 aromatic rings. The average Bonchev–Trinajstić information content (AvgIpc) is 1.55. The highest BCUT2D eigenvalue weighted by Crippen LogP contribution is 2.62. The van der Waals surface area contributed by atoms with Gasteiger partial charge in [-0.3, -0.25) is 0 Å². The minimum Gasteiger partial charge on any atom is -0.481 e. The normalized spacial score (nSPS) is 20.9. The molecule has 0 N–H and O–H groups in total. The summed E-state index contributed by atoms with van der Waals surface area (Å²) in [5.41, 5.74) is 0.542. The molecule has 2 aromatic carbocycles. The van der Waals surface area contributed by atoms with E-state index in [1.807, 2.05) is 50.4 Å². The number of fused-ring (bicyclic) bond motifs is 11. The lowest BCUT2D eigenvalue weighted by Crippen LogP contribution is -2.44. The summed E-state index contributed by atoms with van der Waals surface area (Å²) in [5.74, 6) is 7.14. The molecule has 0 saturated carbocycles. The minimum absolute atomic E-state index is 0.108. The molecular formula is C111H158B2BrF4N4O7S8+. The molecule has 8 aromatic heterocycles. The van der Waals surface area contributed by atoms with Crippen LogP contribution in [-0.4, -0.2) is 54.1 Å². The summed E-state index contributed by atoms with van der Waals surface area (Å²) >= 11 is 15.9. The van der Waals surface area contributed by atoms with Crippen LogP contribution < -0.4 is 25.1 Å². The Morgan fingerprint density at radius 2 is 0.591 bits per heavy atom. The van der Waals surface area contributed by atoms with Crippen molar-refractivity contribution < 1.29 is 50.4 Å². The molecular weight excluding hydrogens is 1940 g/mol. The van der Waals surface area contributed by atoms with E-state index in [1.54, 1.807) is 66.1 Å². The van der Waals surface area contributed by atoms with Gasteiger partial charge in [0.05, 0.1) is 96.7 Å². The first-order valence-electron chi connectivity index (χ1n) is 52.0. The topological polar surface area (TPSA) is 116 Å². The van der Waals surface area contributed by atoms with Crippen molar-refractivity contribution in [2.24, 2.45) is 71.0 Å². The zero-order chi connectivity index (χ0) is 99.2. The molecule has 26 heteroatoms. The number of aromatic nitrogens is 4. The van der Waals surface area contributed by atoms with Gasteiger partial charge in [0, 0.05) is 33.4 Å². The van der Waals surface area contributed by atoms with Crippen LogP contribution in [0.1, 0.15) is 382 Å². The van der Waals surface area contributed by atoms with Gasteiger partial charge < -0.3 is 32.8 Å². The summed E-state index contributed by atoms with van der Waals surface area (Å²) < 4.78 is 131. The summed E-state index contributed by atoms with van der Waals surface area (Å²) in [6.07, 6.45) is 35.2. The first-order chi connectivity index (χ1) is 64.8. The Bertz CT molecular complexity index is 5210. The van der Waals surface area contributed by atoms with Crippen LogP contribution >= 0.6 is 107 Å². The smallest absolute Gasteiger partial charge is 0.481 e. The van der Waals surface area contributed by atoms with E-state index in [9.17, 15) is 0 Å². The molecule has 11 nitrogen and oxygen atoms in total. The van der Waals surface area contributed by atoms with Crippen molar-refractivity contribution in [2.45, 2.75) is 405 Å². The predicted octanol–water partition coefficient (Wildman–Crippen LogP) is 36.7. The fourth-order valence-electron chi connectivity index (χ4n) is 20.5. The van der Waals surface area contributed by atoms with Gasteiger partial charge in [0.1, 0.15) is 61.7 Å². The maximum Gasteiger partial charge on any atom is 0.503 e. The zero-order valence-corrected chi connectivity index (χ0v) is 95.1. The fourth-order valence-corrected chi connectivity index (χ4v) is 28.9. The Labute approximate surface area is 861 Å². The summed E-state index contributed by atoms with van der Waals surface area (Å²) in [7, 11) is -2.28. The molecule has 7 atom stereocenters. The monoisotopic (exact) mass is 2090 g/mol. The van der Waals surface area contributed by atoms with Crippen LogP contribution in [0.2, 0.25) is 0 Å². The number of ether oxygens (including phenoxy) is 3. The van der Waals surface area contributed by atoms with Crippen LogP contribution in [0.3, 0.4) is 0 Å². The van der Waals surface area contributed by atoms with Gasteiger partial charge in [0.15, 0.2) is 23.3 Å². The van der Waals surface area contributed by atoms with Crippen LogP contribution in [0, 0.1) is 101 Å². The van der Waals surface area contributed by atoms with Crippen LogP contribution in [0.25, 0.3) is 72.2 Å². The summed E-state index contributed by atoms with van der Waals surface area (Å²) in [4.78, 5) is 8.55. The highest BCUT2D eigenvalue weighted by Gasteiger charge is 2.60. The van der Waals surface area contributed by atoms with Gasteiger partial charge in [-0.2, -0.15) is 17.5 Å². The van der Waals surface area contributed by atoms with Crippen LogP contribution in [0.4, 0.5) is 17.6 Å². The number of nitrogens with zero attached hydrogens (tertiary/aromatic N) is 4. The Morgan fingerprint density at radius 3 is 0.869 bits per heavy atom. The summed E-state index contributed by atoms with van der Waals surface area (Å²) in [5, 5.41) is 6.43. The molecule has 752 valence electrons. The molecule has 13 heterocycles. The molecule has 0 bridgehead atoms. The van der Waals surface area contributed by atoms with Crippen molar-refractivity contribution in [1.82, 2.24) is 17.5 Å². The van der Waals surface area contributed by atoms with E-state index in [4.69, 9.17) is 41.6 Å². The minimum atomic E-state index is -1.17. The Balaban J connectivity index is 0.000000208. The van der Waals surface area contributed by atoms with Gasteiger partial charge >= 0.3 is 14.2 Å². The van der Waals surface area contributed by atoms with E-state index in [-0.39, 0.29) is 38.7 Å². The molecule has 15 rings (SSSR count). The second-order valence-electron chi connectivity index (χ2n) is 46.1. The van der Waals surface area contributed by atoms with E-state index in [0.29, 0.717) is 68.1 Å². The SMILES string of the molecule is CC(C)CCCC(C)CCC1(CCC(C)CCCC(C)C)Oc2ccsc2-c2sc(-c3c(F)c(F)c(-c4cc5c(s4)-c4sccc4OC5(CCC(C)CCCC(C)C)CCC(C)CCCC(C)C)c4nsnc34)cc21.CC(C)CCCC(C)CCC1(CCC(C)CCCC(C)C)Oc2ccsc2-c2sc(Br)cc21.[CH2+]C1(C)OB(c2c(F)c(F)c(B3OC(C)(C)C(C)(C)O3)c3nsnc23)OC1(C)C. The lowest BCUT2D eigenvalue weighted by Gasteiger charge is -2.39. The highest BCUT2D eigenvalue weighted by molar-refractivity contribution is 9.11. The Hall–Kier alpha value is -4.28. The van der Waals surface area contributed by atoms with Gasteiger partial charge in [0.25, 0.3) is 0 Å². The maximum atomic E-state index is 17.8. The zero-order valence-electron chi connectivity index (χ0n) is 87.0. The molecule has 137 heavy (non-hydrogen) atoms. The Kier molecular flexibility index (Phi) is 37.8. The summed E-state index contributed by atoms with van der Waals surface area (Å²) in [6, 6.07) is 13.1. The van der Waals surface area contributed by atoms with Crippen molar-refractivity contribution in [1.29, 1.82) is 0 Å². The van der Waals surface area contributed by atoms with Crippen molar-refractivity contribution in [2.75, 3.05) is 0 Å². The maximum absolute atomic E-state index is 17.8. The molecule has 2 fully saturated rings. The molecule has 2 saturated heterocycles. The van der Waals surface area contributed by atoms with Crippen molar-refractivity contribution in [3.63, 3.8) is 0 Å². The first-order valence-corrected chi connectivity index (χ1v) is 59.3. The second kappa shape index (κ2) is 47.0. The van der Waals surface area contributed by atoms with Crippen molar-refractivity contribution in [3.8, 4) is 67.4 Å². The second-order valence-corrected chi connectivity index (χ2v) is 54.4. The van der Waals surface area contributed by atoms with E-state index < -0.39 is 71.1 Å². The predicted molar refractivity (Wildman–Crippen MR) is 584 cm³/mol. The van der Waals surface area contributed by atoms with Crippen LogP contribution in [0.15, 0.2) is 56.3 Å². The molecule has 5 aliphatic heterocycles. The number of benzene rings is 2. The molecule has 0 radical (unpaired) electrons. The number of hydrogen-bond acceptors (Lipinski definition) is 19. The number of thiophene rings is 6. The highest BCUT2D eigenvalue weighted by atomic mass is 79.9. The number of halogens is 5. The van der Waals surface area contributed by atoms with E-state index >= 15 is 17.6 Å². The largest absolute Gasteiger partial charge is 0.503 e. The molecule has 5 aliphatic rings. The van der Waals surface area contributed by atoms with Gasteiger partial charge in [-0.05, 0) is 258 Å². The third kappa shape index (κ3) is 25.9. The van der Waals surface area contributed by atoms with E-state index in [1.165, 1.54) is 148 Å². The third-order valence-corrected chi connectivity index (χ3v) is 38.9.